The first kappa shape index (κ1) is 17.8. The van der Waals surface area contributed by atoms with Gasteiger partial charge < -0.3 is 15.0 Å². The second-order valence-electron chi connectivity index (χ2n) is 6.69. The van der Waals surface area contributed by atoms with Crippen LogP contribution in [0.4, 0.5) is 0 Å². The average molecular weight is 359 g/mol. The van der Waals surface area contributed by atoms with Gasteiger partial charge in [-0.25, -0.2) is 0 Å². The predicted octanol–water partition coefficient (Wildman–Crippen LogP) is 2.98. The zero-order valence-electron chi connectivity index (χ0n) is 14.1. The molecule has 0 spiro atoms. The number of halogens is 1. The number of carbonyl (C=O) groups excluding carboxylic acids is 1. The Bertz CT molecular complexity index is 693. The number of rotatable bonds is 4. The molecule has 2 aromatic rings. The van der Waals surface area contributed by atoms with Crippen molar-refractivity contribution in [2.45, 2.75) is 6.61 Å². The summed E-state index contributed by atoms with van der Waals surface area (Å²) < 4.78 is 5.74. The third-order valence-electron chi connectivity index (χ3n) is 5.03. The summed E-state index contributed by atoms with van der Waals surface area (Å²) in [5.74, 6) is 2.27. The number of likely N-dealkylation sites (tertiary alicyclic amines) is 1. The van der Waals surface area contributed by atoms with Crippen LogP contribution in [-0.2, 0) is 6.61 Å². The van der Waals surface area contributed by atoms with Crippen LogP contribution in [-0.4, -0.2) is 37.0 Å². The van der Waals surface area contributed by atoms with Gasteiger partial charge in [0.1, 0.15) is 12.4 Å². The zero-order valence-corrected chi connectivity index (χ0v) is 14.9. The summed E-state index contributed by atoms with van der Waals surface area (Å²) in [4.78, 5) is 14.6. The monoisotopic (exact) mass is 358 g/mol. The number of carbonyl (C=O) groups is 1. The molecule has 5 heteroatoms. The molecular weight excluding hydrogens is 336 g/mol. The number of nitrogens with zero attached hydrogens (tertiary/aromatic N) is 1. The third kappa shape index (κ3) is 3.97. The first-order valence-corrected chi connectivity index (χ1v) is 8.56. The molecule has 4 rings (SSSR count). The summed E-state index contributed by atoms with van der Waals surface area (Å²) in [5, 5.41) is 3.41. The first-order valence-electron chi connectivity index (χ1n) is 8.56. The highest BCUT2D eigenvalue weighted by atomic mass is 35.5. The van der Waals surface area contributed by atoms with E-state index in [1.54, 1.807) is 0 Å². The van der Waals surface area contributed by atoms with E-state index in [1.165, 1.54) is 0 Å². The average Bonchev–Trinajstić information content (AvgIpc) is 3.23. The van der Waals surface area contributed by atoms with Gasteiger partial charge in [0, 0.05) is 31.7 Å². The highest BCUT2D eigenvalue weighted by Crippen LogP contribution is 2.27. The van der Waals surface area contributed by atoms with E-state index in [0.717, 1.165) is 43.1 Å². The van der Waals surface area contributed by atoms with Crippen molar-refractivity contribution in [1.82, 2.24) is 10.2 Å². The smallest absolute Gasteiger partial charge is 0.253 e. The minimum Gasteiger partial charge on any atom is -0.489 e. The summed E-state index contributed by atoms with van der Waals surface area (Å²) in [6.07, 6.45) is 0. The molecule has 25 heavy (non-hydrogen) atoms. The van der Waals surface area contributed by atoms with Gasteiger partial charge in [0.05, 0.1) is 0 Å². The summed E-state index contributed by atoms with van der Waals surface area (Å²) in [6.45, 7) is 4.37. The Morgan fingerprint density at radius 3 is 2.28 bits per heavy atom. The van der Waals surface area contributed by atoms with Gasteiger partial charge in [-0.05, 0) is 41.7 Å². The highest BCUT2D eigenvalue weighted by Gasteiger charge is 2.38. The lowest BCUT2D eigenvalue weighted by molar-refractivity contribution is 0.0781. The van der Waals surface area contributed by atoms with Crippen LogP contribution in [0.3, 0.4) is 0 Å². The van der Waals surface area contributed by atoms with E-state index in [-0.39, 0.29) is 18.3 Å². The van der Waals surface area contributed by atoms with E-state index in [0.29, 0.717) is 18.4 Å². The van der Waals surface area contributed by atoms with Crippen molar-refractivity contribution in [3.8, 4) is 5.75 Å². The molecule has 2 aromatic carbocycles. The van der Waals surface area contributed by atoms with Crippen molar-refractivity contribution < 1.29 is 9.53 Å². The molecule has 0 saturated carbocycles. The second kappa shape index (κ2) is 7.89. The maximum Gasteiger partial charge on any atom is 0.253 e. The van der Waals surface area contributed by atoms with Crippen molar-refractivity contribution in [3.63, 3.8) is 0 Å². The molecule has 0 aromatic heterocycles. The van der Waals surface area contributed by atoms with Crippen LogP contribution in [0.5, 0.6) is 5.75 Å². The third-order valence-corrected chi connectivity index (χ3v) is 5.03. The Labute approximate surface area is 154 Å². The Balaban J connectivity index is 0.00000182. The summed E-state index contributed by atoms with van der Waals surface area (Å²) in [6, 6.07) is 17.6. The van der Waals surface area contributed by atoms with Gasteiger partial charge in [0.15, 0.2) is 0 Å². The number of amides is 1. The Morgan fingerprint density at radius 2 is 1.64 bits per heavy atom. The topological polar surface area (TPSA) is 41.6 Å². The zero-order chi connectivity index (χ0) is 16.4. The van der Waals surface area contributed by atoms with Crippen LogP contribution in [0, 0.1) is 11.8 Å². The fourth-order valence-corrected chi connectivity index (χ4v) is 3.63. The molecule has 4 nitrogen and oxygen atoms in total. The van der Waals surface area contributed by atoms with Crippen molar-refractivity contribution >= 4 is 18.3 Å². The van der Waals surface area contributed by atoms with Crippen molar-refractivity contribution in [2.75, 3.05) is 26.2 Å². The molecule has 2 fully saturated rings. The van der Waals surface area contributed by atoms with E-state index in [1.807, 2.05) is 59.5 Å². The minimum absolute atomic E-state index is 0. The lowest BCUT2D eigenvalue weighted by Gasteiger charge is -2.17. The fourth-order valence-electron chi connectivity index (χ4n) is 3.63. The number of hydrogen-bond acceptors (Lipinski definition) is 3. The molecule has 0 unspecified atom stereocenters. The van der Waals surface area contributed by atoms with Gasteiger partial charge in [-0.1, -0.05) is 30.3 Å². The number of ether oxygens (including phenoxy) is 1. The molecule has 132 valence electrons. The number of para-hydroxylation sites is 1. The van der Waals surface area contributed by atoms with Crippen LogP contribution in [0.25, 0.3) is 0 Å². The quantitative estimate of drug-likeness (QED) is 0.913. The lowest BCUT2D eigenvalue weighted by Crippen LogP contribution is -2.31. The van der Waals surface area contributed by atoms with Crippen LogP contribution >= 0.6 is 12.4 Å². The van der Waals surface area contributed by atoms with Crippen LogP contribution < -0.4 is 10.1 Å². The molecule has 2 heterocycles. The SMILES string of the molecule is Cl.O=C(c1ccc(COc2ccccc2)cc1)N1C[C@H]2CNC[C@H]2C1. The highest BCUT2D eigenvalue weighted by molar-refractivity contribution is 5.94. The molecule has 1 amide bonds. The minimum atomic E-state index is 0. The standard InChI is InChI=1S/C20H22N2O2.ClH/c23-20(22-12-17-10-21-11-18(17)13-22)16-8-6-15(7-9-16)14-24-19-4-2-1-3-5-19;/h1-9,17-18,21H,10-14H2;1H/t17-,18+;. The summed E-state index contributed by atoms with van der Waals surface area (Å²) in [5.41, 5.74) is 1.84. The van der Waals surface area contributed by atoms with Gasteiger partial charge >= 0.3 is 0 Å². The Morgan fingerprint density at radius 1 is 1.00 bits per heavy atom. The van der Waals surface area contributed by atoms with Gasteiger partial charge in [-0.3, -0.25) is 4.79 Å². The second-order valence-corrected chi connectivity index (χ2v) is 6.69. The van der Waals surface area contributed by atoms with E-state index < -0.39 is 0 Å². The van der Waals surface area contributed by atoms with E-state index in [9.17, 15) is 4.79 Å². The number of hydrogen-bond donors (Lipinski definition) is 1. The number of benzene rings is 2. The first-order chi connectivity index (χ1) is 11.8. The molecule has 0 aliphatic carbocycles. The van der Waals surface area contributed by atoms with Gasteiger partial charge in [0.25, 0.3) is 5.91 Å². The summed E-state index contributed by atoms with van der Waals surface area (Å²) in [7, 11) is 0. The van der Waals surface area contributed by atoms with Crippen molar-refractivity contribution in [3.05, 3.63) is 65.7 Å². The molecule has 1 N–H and O–H groups in total. The van der Waals surface area contributed by atoms with Gasteiger partial charge in [-0.2, -0.15) is 0 Å². The van der Waals surface area contributed by atoms with Crippen molar-refractivity contribution in [2.24, 2.45) is 11.8 Å². The predicted molar refractivity (Wildman–Crippen MR) is 100 cm³/mol. The molecule has 0 bridgehead atoms. The fraction of sp³-hybridized carbons (Fsp3) is 0.350. The molecule has 2 aliphatic heterocycles. The van der Waals surface area contributed by atoms with E-state index >= 15 is 0 Å². The maximum absolute atomic E-state index is 12.6. The maximum atomic E-state index is 12.6. The van der Waals surface area contributed by atoms with E-state index in [2.05, 4.69) is 5.32 Å². The largest absolute Gasteiger partial charge is 0.489 e. The summed E-state index contributed by atoms with van der Waals surface area (Å²) >= 11 is 0. The van der Waals surface area contributed by atoms with Crippen LogP contribution in [0.15, 0.2) is 54.6 Å². The lowest BCUT2D eigenvalue weighted by atomic mass is 10.0. The Kier molecular flexibility index (Phi) is 5.61. The molecular formula is C20H23ClN2O2. The van der Waals surface area contributed by atoms with Gasteiger partial charge in [-0.15, -0.1) is 12.4 Å². The van der Waals surface area contributed by atoms with Crippen LogP contribution in [0.2, 0.25) is 0 Å². The molecule has 2 saturated heterocycles. The van der Waals surface area contributed by atoms with Crippen LogP contribution in [0.1, 0.15) is 15.9 Å². The molecule has 2 aliphatic rings. The number of nitrogens with one attached hydrogen (secondary N) is 1. The molecule has 0 radical (unpaired) electrons. The Hall–Kier alpha value is -2.04. The van der Waals surface area contributed by atoms with Gasteiger partial charge in [0.2, 0.25) is 0 Å². The number of fused-ring (bicyclic) bond motifs is 1. The normalized spacial score (nSPS) is 21.5. The van der Waals surface area contributed by atoms with Crippen molar-refractivity contribution in [1.29, 1.82) is 0 Å². The molecule has 2 atom stereocenters. The van der Waals surface area contributed by atoms with E-state index in [4.69, 9.17) is 4.74 Å².